The number of nitrogens with zero attached hydrogens (tertiary/aromatic N) is 2. The Morgan fingerprint density at radius 2 is 1.65 bits per heavy atom. The van der Waals surface area contributed by atoms with Crippen molar-refractivity contribution in [3.63, 3.8) is 0 Å². The van der Waals surface area contributed by atoms with Crippen LogP contribution < -0.4 is 4.72 Å². The number of sulfonamides is 1. The highest BCUT2D eigenvalue weighted by atomic mass is 32.2. The topological polar surface area (TPSA) is 64.0 Å². The molecule has 9 heteroatoms. The SMILES string of the molecule is O=S(=O)(NCc1ccc(C(F)(F)F)cc1)c1cnn(-c2ccccc2)c1. The van der Waals surface area contributed by atoms with Crippen LogP contribution in [0.25, 0.3) is 5.69 Å². The van der Waals surface area contributed by atoms with Gasteiger partial charge in [-0.25, -0.2) is 17.8 Å². The van der Waals surface area contributed by atoms with Gasteiger partial charge in [0.05, 0.1) is 23.6 Å². The van der Waals surface area contributed by atoms with Gasteiger partial charge in [0.2, 0.25) is 10.0 Å². The van der Waals surface area contributed by atoms with E-state index in [1.54, 1.807) is 24.3 Å². The minimum absolute atomic E-state index is 0.0340. The van der Waals surface area contributed by atoms with Crippen molar-refractivity contribution in [3.8, 4) is 5.69 Å². The van der Waals surface area contributed by atoms with Crippen LogP contribution in [0.5, 0.6) is 0 Å². The number of nitrogens with one attached hydrogen (secondary N) is 1. The van der Waals surface area contributed by atoms with Gasteiger partial charge in [0.15, 0.2) is 0 Å². The van der Waals surface area contributed by atoms with Gasteiger partial charge in [-0.05, 0) is 29.8 Å². The van der Waals surface area contributed by atoms with Gasteiger partial charge in [-0.1, -0.05) is 30.3 Å². The van der Waals surface area contributed by atoms with E-state index in [-0.39, 0.29) is 11.4 Å². The minimum Gasteiger partial charge on any atom is -0.240 e. The molecular formula is C17H14F3N3O2S. The van der Waals surface area contributed by atoms with Gasteiger partial charge < -0.3 is 0 Å². The van der Waals surface area contributed by atoms with Crippen molar-refractivity contribution in [2.45, 2.75) is 17.6 Å². The Hall–Kier alpha value is -2.65. The van der Waals surface area contributed by atoms with E-state index < -0.39 is 21.8 Å². The molecule has 1 N–H and O–H groups in total. The molecule has 0 aliphatic rings. The average Bonchev–Trinajstić information content (AvgIpc) is 3.12. The van der Waals surface area contributed by atoms with E-state index in [0.29, 0.717) is 11.3 Å². The van der Waals surface area contributed by atoms with Crippen LogP contribution in [0.1, 0.15) is 11.1 Å². The summed E-state index contributed by atoms with van der Waals surface area (Å²) in [5.41, 5.74) is 0.335. The monoisotopic (exact) mass is 381 g/mol. The van der Waals surface area contributed by atoms with E-state index in [1.165, 1.54) is 29.2 Å². The second kappa shape index (κ2) is 6.93. The van der Waals surface area contributed by atoms with E-state index in [1.807, 2.05) is 6.07 Å². The molecule has 1 aromatic heterocycles. The lowest BCUT2D eigenvalue weighted by Gasteiger charge is -2.08. The number of hydrogen-bond donors (Lipinski definition) is 1. The molecule has 0 saturated carbocycles. The molecule has 0 saturated heterocycles. The molecule has 0 atom stereocenters. The maximum Gasteiger partial charge on any atom is 0.416 e. The molecule has 0 aliphatic carbocycles. The van der Waals surface area contributed by atoms with Crippen LogP contribution in [-0.4, -0.2) is 18.2 Å². The first-order chi connectivity index (χ1) is 12.3. The highest BCUT2D eigenvalue weighted by molar-refractivity contribution is 7.89. The third-order valence-electron chi connectivity index (χ3n) is 3.64. The summed E-state index contributed by atoms with van der Waals surface area (Å²) < 4.78 is 66.1. The fourth-order valence-electron chi connectivity index (χ4n) is 2.24. The van der Waals surface area contributed by atoms with Crippen LogP contribution in [0.4, 0.5) is 13.2 Å². The number of benzene rings is 2. The highest BCUT2D eigenvalue weighted by Crippen LogP contribution is 2.29. The summed E-state index contributed by atoms with van der Waals surface area (Å²) in [5, 5.41) is 4.02. The van der Waals surface area contributed by atoms with Crippen LogP contribution in [0.2, 0.25) is 0 Å². The van der Waals surface area contributed by atoms with Crippen LogP contribution in [0, 0.1) is 0 Å². The van der Waals surface area contributed by atoms with E-state index in [0.717, 1.165) is 12.1 Å². The molecule has 0 spiro atoms. The summed E-state index contributed by atoms with van der Waals surface area (Å²) in [6.07, 6.45) is -1.85. The molecule has 26 heavy (non-hydrogen) atoms. The fraction of sp³-hybridized carbons (Fsp3) is 0.118. The average molecular weight is 381 g/mol. The Kier molecular flexibility index (Phi) is 4.84. The van der Waals surface area contributed by atoms with Crippen LogP contribution in [0.15, 0.2) is 71.9 Å². The summed E-state index contributed by atoms with van der Waals surface area (Å²) in [4.78, 5) is -0.0340. The Balaban J connectivity index is 1.71. The van der Waals surface area contributed by atoms with Gasteiger partial charge in [0.25, 0.3) is 0 Å². The second-order valence-electron chi connectivity index (χ2n) is 5.48. The summed E-state index contributed by atoms with van der Waals surface area (Å²) in [7, 11) is -3.84. The molecule has 0 aliphatic heterocycles. The lowest BCUT2D eigenvalue weighted by atomic mass is 10.1. The van der Waals surface area contributed by atoms with Gasteiger partial charge in [0.1, 0.15) is 4.90 Å². The lowest BCUT2D eigenvalue weighted by molar-refractivity contribution is -0.137. The smallest absolute Gasteiger partial charge is 0.240 e. The summed E-state index contributed by atoms with van der Waals surface area (Å²) in [5.74, 6) is 0. The Bertz CT molecular complexity index is 982. The summed E-state index contributed by atoms with van der Waals surface area (Å²) in [6.45, 7) is -0.128. The van der Waals surface area contributed by atoms with E-state index in [2.05, 4.69) is 9.82 Å². The Morgan fingerprint density at radius 3 is 2.27 bits per heavy atom. The van der Waals surface area contributed by atoms with Gasteiger partial charge in [-0.2, -0.15) is 18.3 Å². The number of para-hydroxylation sites is 1. The Labute approximate surface area is 148 Å². The molecule has 136 valence electrons. The third-order valence-corrected chi connectivity index (χ3v) is 4.99. The molecular weight excluding hydrogens is 367 g/mol. The number of alkyl halides is 3. The Morgan fingerprint density at radius 1 is 1.00 bits per heavy atom. The first-order valence-electron chi connectivity index (χ1n) is 7.52. The zero-order chi connectivity index (χ0) is 18.8. The predicted molar refractivity (Wildman–Crippen MR) is 89.0 cm³/mol. The van der Waals surface area contributed by atoms with Crippen LogP contribution >= 0.6 is 0 Å². The molecule has 3 rings (SSSR count). The van der Waals surface area contributed by atoms with E-state index in [9.17, 15) is 21.6 Å². The molecule has 5 nitrogen and oxygen atoms in total. The van der Waals surface area contributed by atoms with Gasteiger partial charge in [-0.3, -0.25) is 0 Å². The maximum atomic E-state index is 12.5. The zero-order valence-electron chi connectivity index (χ0n) is 13.3. The molecule has 0 bridgehead atoms. The fourth-order valence-corrected chi connectivity index (χ4v) is 3.19. The number of hydrogen-bond acceptors (Lipinski definition) is 3. The van der Waals surface area contributed by atoms with Crippen molar-refractivity contribution in [1.82, 2.24) is 14.5 Å². The van der Waals surface area contributed by atoms with Crippen molar-refractivity contribution in [2.24, 2.45) is 0 Å². The quantitative estimate of drug-likeness (QED) is 0.737. The summed E-state index contributed by atoms with van der Waals surface area (Å²) >= 11 is 0. The van der Waals surface area contributed by atoms with Crippen molar-refractivity contribution < 1.29 is 21.6 Å². The molecule has 0 radical (unpaired) electrons. The van der Waals surface area contributed by atoms with Gasteiger partial charge in [0, 0.05) is 6.54 Å². The zero-order valence-corrected chi connectivity index (χ0v) is 14.1. The van der Waals surface area contributed by atoms with Gasteiger partial charge >= 0.3 is 6.18 Å². The molecule has 2 aromatic carbocycles. The maximum absolute atomic E-state index is 12.5. The van der Waals surface area contributed by atoms with Crippen LogP contribution in [0.3, 0.4) is 0 Å². The predicted octanol–water partition coefficient (Wildman–Crippen LogP) is 3.37. The largest absolute Gasteiger partial charge is 0.416 e. The summed E-state index contributed by atoms with van der Waals surface area (Å²) in [6, 6.07) is 13.3. The van der Waals surface area contributed by atoms with E-state index in [4.69, 9.17) is 0 Å². The molecule has 0 fully saturated rings. The van der Waals surface area contributed by atoms with Crippen LogP contribution in [-0.2, 0) is 22.7 Å². The number of halogens is 3. The van der Waals surface area contributed by atoms with Crippen molar-refractivity contribution >= 4 is 10.0 Å². The van der Waals surface area contributed by atoms with Gasteiger partial charge in [-0.15, -0.1) is 0 Å². The third kappa shape index (κ3) is 4.12. The standard InChI is InChI=1S/C17H14F3N3O2S/c18-17(19,20)14-8-6-13(7-9-14)10-22-26(24,25)16-11-21-23(12-16)15-4-2-1-3-5-15/h1-9,11-12,22H,10H2. The minimum atomic E-state index is -4.43. The van der Waals surface area contributed by atoms with Crippen molar-refractivity contribution in [1.29, 1.82) is 0 Å². The number of rotatable bonds is 5. The molecule has 0 unspecified atom stereocenters. The first-order valence-corrected chi connectivity index (χ1v) is 9.00. The number of aromatic nitrogens is 2. The van der Waals surface area contributed by atoms with Crippen molar-refractivity contribution in [2.75, 3.05) is 0 Å². The lowest BCUT2D eigenvalue weighted by Crippen LogP contribution is -2.23. The first kappa shape index (κ1) is 18.2. The molecule has 0 amide bonds. The van der Waals surface area contributed by atoms with E-state index >= 15 is 0 Å². The molecule has 1 heterocycles. The second-order valence-corrected chi connectivity index (χ2v) is 7.24. The molecule has 3 aromatic rings. The van der Waals surface area contributed by atoms with Crippen molar-refractivity contribution in [3.05, 3.63) is 78.1 Å². The normalized spacial score (nSPS) is 12.3. The highest BCUT2D eigenvalue weighted by Gasteiger charge is 2.30.